The normalized spacial score (nSPS) is 12.6. The Morgan fingerprint density at radius 3 is 1.77 bits per heavy atom. The van der Waals surface area contributed by atoms with Gasteiger partial charge in [0.15, 0.2) is 0 Å². The fourth-order valence-electron chi connectivity index (χ4n) is 2.95. The Bertz CT molecular complexity index is 963. The van der Waals surface area contributed by atoms with E-state index in [1.54, 1.807) is 12.1 Å². The summed E-state index contributed by atoms with van der Waals surface area (Å²) in [6.45, 7) is 5.85. The maximum Gasteiger partial charge on any atom is 0.264 e. The number of benzene rings is 3. The first kappa shape index (κ1) is 18.2. The lowest BCUT2D eigenvalue weighted by Gasteiger charge is -2.31. The van der Waals surface area contributed by atoms with Gasteiger partial charge in [0.2, 0.25) is 0 Å². The van der Waals surface area contributed by atoms with Crippen LogP contribution in [0, 0.1) is 13.8 Å². The lowest BCUT2D eigenvalue weighted by Crippen LogP contribution is -2.33. The SMILES string of the molecule is Cc1ccc(N(C(C)c2ccccc2)S(=O)(=O)c2ccc(C)cc2)cc1. The van der Waals surface area contributed by atoms with Crippen LogP contribution in [-0.4, -0.2) is 8.42 Å². The molecule has 0 heterocycles. The highest BCUT2D eigenvalue weighted by molar-refractivity contribution is 7.92. The van der Waals surface area contributed by atoms with E-state index in [4.69, 9.17) is 0 Å². The molecule has 134 valence electrons. The maximum absolute atomic E-state index is 13.5. The highest BCUT2D eigenvalue weighted by atomic mass is 32.2. The Hall–Kier alpha value is -2.59. The van der Waals surface area contributed by atoms with Gasteiger partial charge in [-0.3, -0.25) is 4.31 Å². The molecule has 0 saturated carbocycles. The average Bonchev–Trinajstić information content (AvgIpc) is 2.64. The largest absolute Gasteiger partial charge is 0.264 e. The summed E-state index contributed by atoms with van der Waals surface area (Å²) in [5, 5.41) is 0. The molecule has 3 nitrogen and oxygen atoms in total. The zero-order chi connectivity index (χ0) is 18.7. The summed E-state index contributed by atoms with van der Waals surface area (Å²) in [6, 6.07) is 24.0. The molecule has 26 heavy (non-hydrogen) atoms. The van der Waals surface area contributed by atoms with Gasteiger partial charge in [-0.2, -0.15) is 0 Å². The molecule has 0 bridgehead atoms. The average molecular weight is 365 g/mol. The zero-order valence-electron chi connectivity index (χ0n) is 15.3. The van der Waals surface area contributed by atoms with Crippen molar-refractivity contribution >= 4 is 15.7 Å². The first-order chi connectivity index (χ1) is 12.4. The first-order valence-corrected chi connectivity index (χ1v) is 10.1. The van der Waals surface area contributed by atoms with Crippen LogP contribution < -0.4 is 4.31 Å². The minimum atomic E-state index is -3.70. The van der Waals surface area contributed by atoms with Crippen LogP contribution >= 0.6 is 0 Å². The minimum Gasteiger partial charge on any atom is -0.259 e. The van der Waals surface area contributed by atoms with E-state index in [0.29, 0.717) is 10.6 Å². The van der Waals surface area contributed by atoms with Gasteiger partial charge in [-0.25, -0.2) is 8.42 Å². The second kappa shape index (κ2) is 7.34. The van der Waals surface area contributed by atoms with Gasteiger partial charge in [-0.1, -0.05) is 65.7 Å². The second-order valence-electron chi connectivity index (χ2n) is 6.54. The quantitative estimate of drug-likeness (QED) is 0.618. The van der Waals surface area contributed by atoms with E-state index in [0.717, 1.165) is 16.7 Å². The summed E-state index contributed by atoms with van der Waals surface area (Å²) in [7, 11) is -3.70. The van der Waals surface area contributed by atoms with Crippen molar-refractivity contribution < 1.29 is 8.42 Å². The van der Waals surface area contributed by atoms with Crippen molar-refractivity contribution in [2.45, 2.75) is 31.7 Å². The molecule has 3 aromatic carbocycles. The van der Waals surface area contributed by atoms with Gasteiger partial charge in [0.05, 0.1) is 16.6 Å². The Labute approximate surface area is 156 Å². The number of hydrogen-bond donors (Lipinski definition) is 0. The predicted molar refractivity (Wildman–Crippen MR) is 107 cm³/mol. The van der Waals surface area contributed by atoms with Crippen LogP contribution in [0.15, 0.2) is 83.8 Å². The maximum atomic E-state index is 13.5. The van der Waals surface area contributed by atoms with Crippen molar-refractivity contribution in [3.05, 3.63) is 95.6 Å². The van der Waals surface area contributed by atoms with Gasteiger partial charge in [0.1, 0.15) is 0 Å². The summed E-state index contributed by atoms with van der Waals surface area (Å²) in [4.78, 5) is 0.298. The standard InChI is InChI=1S/C22H23NO2S/c1-17-9-13-21(14-10-17)23(19(3)20-7-5-4-6-8-20)26(24,25)22-15-11-18(2)12-16-22/h4-16,19H,1-3H3. The number of hydrogen-bond acceptors (Lipinski definition) is 2. The molecule has 0 radical (unpaired) electrons. The third-order valence-corrected chi connectivity index (χ3v) is 6.41. The molecule has 3 rings (SSSR count). The van der Waals surface area contributed by atoms with Gasteiger partial charge < -0.3 is 0 Å². The first-order valence-electron chi connectivity index (χ1n) is 8.62. The van der Waals surface area contributed by atoms with Gasteiger partial charge >= 0.3 is 0 Å². The van der Waals surface area contributed by atoms with Gasteiger partial charge in [0, 0.05) is 0 Å². The Balaban J connectivity index is 2.13. The molecule has 3 aromatic rings. The van der Waals surface area contributed by atoms with E-state index < -0.39 is 10.0 Å². The molecular weight excluding hydrogens is 342 g/mol. The molecule has 0 spiro atoms. The smallest absolute Gasteiger partial charge is 0.259 e. The molecule has 4 heteroatoms. The van der Waals surface area contributed by atoms with Crippen molar-refractivity contribution in [3.63, 3.8) is 0 Å². The van der Waals surface area contributed by atoms with Crippen LogP contribution in [0.3, 0.4) is 0 Å². The zero-order valence-corrected chi connectivity index (χ0v) is 16.1. The molecule has 0 aromatic heterocycles. The van der Waals surface area contributed by atoms with E-state index in [-0.39, 0.29) is 6.04 Å². The summed E-state index contributed by atoms with van der Waals surface area (Å²) < 4.78 is 28.4. The molecule has 0 aliphatic rings. The monoisotopic (exact) mass is 365 g/mol. The van der Waals surface area contributed by atoms with Gasteiger partial charge in [0.25, 0.3) is 10.0 Å². The summed E-state index contributed by atoms with van der Waals surface area (Å²) >= 11 is 0. The van der Waals surface area contributed by atoms with Gasteiger partial charge in [-0.05, 0) is 50.6 Å². The molecular formula is C22H23NO2S. The lowest BCUT2D eigenvalue weighted by molar-refractivity contribution is 0.583. The third kappa shape index (κ3) is 3.65. The molecule has 1 atom stereocenters. The topological polar surface area (TPSA) is 37.4 Å². The fraction of sp³-hybridized carbons (Fsp3) is 0.182. The van der Waals surface area contributed by atoms with Crippen molar-refractivity contribution in [2.24, 2.45) is 0 Å². The van der Waals surface area contributed by atoms with Crippen LogP contribution in [0.5, 0.6) is 0 Å². The molecule has 1 unspecified atom stereocenters. The number of nitrogens with zero attached hydrogens (tertiary/aromatic N) is 1. The molecule has 0 aliphatic heterocycles. The molecule has 0 fully saturated rings. The van der Waals surface area contributed by atoms with Crippen LogP contribution in [0.1, 0.15) is 29.7 Å². The highest BCUT2D eigenvalue weighted by Gasteiger charge is 2.30. The van der Waals surface area contributed by atoms with Crippen molar-refractivity contribution in [2.75, 3.05) is 4.31 Å². The number of sulfonamides is 1. The molecule has 0 amide bonds. The summed E-state index contributed by atoms with van der Waals surface area (Å²) in [6.07, 6.45) is 0. The third-order valence-electron chi connectivity index (χ3n) is 4.50. The fourth-order valence-corrected chi connectivity index (χ4v) is 4.60. The number of rotatable bonds is 5. The summed E-state index contributed by atoms with van der Waals surface area (Å²) in [5.74, 6) is 0. The van der Waals surface area contributed by atoms with E-state index >= 15 is 0 Å². The minimum absolute atomic E-state index is 0.298. The highest BCUT2D eigenvalue weighted by Crippen LogP contribution is 2.33. The number of anilines is 1. The molecule has 0 aliphatic carbocycles. The van der Waals surface area contributed by atoms with Crippen molar-refractivity contribution in [3.8, 4) is 0 Å². The lowest BCUT2D eigenvalue weighted by atomic mass is 10.1. The molecule has 0 saturated heterocycles. The van der Waals surface area contributed by atoms with E-state index in [2.05, 4.69) is 0 Å². The van der Waals surface area contributed by atoms with E-state index in [1.165, 1.54) is 4.31 Å². The van der Waals surface area contributed by atoms with E-state index in [9.17, 15) is 8.42 Å². The van der Waals surface area contributed by atoms with E-state index in [1.807, 2.05) is 87.5 Å². The Kier molecular flexibility index (Phi) is 5.14. The predicted octanol–water partition coefficient (Wildman–Crippen LogP) is 5.26. The van der Waals surface area contributed by atoms with Crippen LogP contribution in [-0.2, 0) is 10.0 Å². The van der Waals surface area contributed by atoms with Crippen LogP contribution in [0.4, 0.5) is 5.69 Å². The Morgan fingerprint density at radius 1 is 0.731 bits per heavy atom. The molecule has 0 N–H and O–H groups in total. The van der Waals surface area contributed by atoms with Gasteiger partial charge in [-0.15, -0.1) is 0 Å². The van der Waals surface area contributed by atoms with Crippen molar-refractivity contribution in [1.29, 1.82) is 0 Å². The van der Waals surface area contributed by atoms with Crippen molar-refractivity contribution in [1.82, 2.24) is 0 Å². The second-order valence-corrected chi connectivity index (χ2v) is 8.35. The summed E-state index contributed by atoms with van der Waals surface area (Å²) in [5.41, 5.74) is 3.73. The van der Waals surface area contributed by atoms with Crippen LogP contribution in [0.2, 0.25) is 0 Å². The number of aryl methyl sites for hydroxylation is 2. The van der Waals surface area contributed by atoms with Crippen LogP contribution in [0.25, 0.3) is 0 Å². The Morgan fingerprint density at radius 2 is 1.23 bits per heavy atom.